The predicted octanol–water partition coefficient (Wildman–Crippen LogP) is 14.0. The van der Waals surface area contributed by atoms with E-state index in [2.05, 4.69) is 185 Å². The summed E-state index contributed by atoms with van der Waals surface area (Å²) in [6.07, 6.45) is 0. The molecule has 0 bridgehead atoms. The smallest absolute Gasteiger partial charge is 0.0973 e. The summed E-state index contributed by atoms with van der Waals surface area (Å²) in [5.74, 6) is 0. The Hall–Kier alpha value is -7.82. The van der Waals surface area contributed by atoms with Crippen LogP contribution in [-0.2, 0) is 0 Å². The third-order valence-electron chi connectivity index (χ3n) is 11.7. The Labute approximate surface area is 334 Å². The van der Waals surface area contributed by atoms with Gasteiger partial charge >= 0.3 is 0 Å². The minimum absolute atomic E-state index is 0.875. The molecule has 0 amide bonds. The second kappa shape index (κ2) is 12.9. The number of nitrogens with zero attached hydrogens (tertiary/aromatic N) is 4. The molecule has 270 valence electrons. The van der Waals surface area contributed by atoms with E-state index in [4.69, 9.17) is 9.97 Å². The van der Waals surface area contributed by atoms with Gasteiger partial charge in [-0.05, 0) is 83.2 Å². The number of hydrogen-bond acceptors (Lipinski definition) is 2. The van der Waals surface area contributed by atoms with E-state index < -0.39 is 0 Å². The van der Waals surface area contributed by atoms with Crippen LogP contribution in [0.3, 0.4) is 0 Å². The van der Waals surface area contributed by atoms with E-state index in [1.807, 2.05) is 30.3 Å². The highest BCUT2D eigenvalue weighted by Crippen LogP contribution is 2.40. The minimum atomic E-state index is 0.875. The average Bonchev–Trinajstić information content (AvgIpc) is 3.81. The van der Waals surface area contributed by atoms with Gasteiger partial charge in [0.1, 0.15) is 0 Å². The van der Waals surface area contributed by atoms with Crippen LogP contribution in [0, 0.1) is 0 Å². The van der Waals surface area contributed by atoms with Gasteiger partial charge in [0.05, 0.1) is 50.2 Å². The molecule has 0 aliphatic heterocycles. The largest absolute Gasteiger partial charge is 0.309 e. The van der Waals surface area contributed by atoms with Gasteiger partial charge < -0.3 is 9.13 Å². The lowest BCUT2D eigenvalue weighted by Crippen LogP contribution is -1.97. The maximum absolute atomic E-state index is 5.15. The fraction of sp³-hybridized carbons (Fsp3) is 0. The summed E-state index contributed by atoms with van der Waals surface area (Å²) >= 11 is 0. The monoisotopic (exact) mass is 738 g/mol. The Morgan fingerprint density at radius 2 is 0.759 bits per heavy atom. The second-order valence-corrected chi connectivity index (χ2v) is 15.0. The first-order valence-corrected chi connectivity index (χ1v) is 19.7. The van der Waals surface area contributed by atoms with Crippen LogP contribution in [0.4, 0.5) is 0 Å². The van der Waals surface area contributed by atoms with Crippen LogP contribution < -0.4 is 0 Å². The van der Waals surface area contributed by atoms with Gasteiger partial charge in [0.25, 0.3) is 0 Å². The molecular formula is C54H34N4. The highest BCUT2D eigenvalue weighted by Gasteiger charge is 2.18. The Kier molecular flexibility index (Phi) is 7.20. The molecule has 0 fully saturated rings. The van der Waals surface area contributed by atoms with Gasteiger partial charge in [0, 0.05) is 43.7 Å². The van der Waals surface area contributed by atoms with E-state index in [0.29, 0.717) is 0 Å². The first kappa shape index (κ1) is 32.4. The molecule has 0 atom stereocenters. The van der Waals surface area contributed by atoms with Crippen LogP contribution >= 0.6 is 0 Å². The second-order valence-electron chi connectivity index (χ2n) is 15.0. The van der Waals surface area contributed by atoms with Crippen molar-refractivity contribution in [1.29, 1.82) is 0 Å². The molecule has 0 N–H and O–H groups in total. The maximum atomic E-state index is 5.15. The van der Waals surface area contributed by atoms with Crippen LogP contribution in [0.2, 0.25) is 0 Å². The quantitative estimate of drug-likeness (QED) is 0.176. The van der Waals surface area contributed by atoms with E-state index in [1.165, 1.54) is 71.2 Å². The molecule has 0 aliphatic carbocycles. The number of aromatic nitrogens is 4. The third-order valence-corrected chi connectivity index (χ3v) is 11.7. The molecule has 0 aliphatic rings. The van der Waals surface area contributed by atoms with Crippen molar-refractivity contribution in [3.63, 3.8) is 0 Å². The van der Waals surface area contributed by atoms with Crippen molar-refractivity contribution < 1.29 is 0 Å². The number of benzene rings is 9. The fourth-order valence-corrected chi connectivity index (χ4v) is 9.01. The zero-order chi connectivity index (χ0) is 38.2. The standard InChI is InChI=1S/C54H34N4/c1-2-14-36(15-3-1)53-54(56-47-21-9-8-20-46(47)55-53)37-25-29-40(30-26-37)57-49-22-10-6-18-42(49)44-33-38(27-31-51(44)57)39-28-32-52-45(34-39)43-19-7-11-23-50(43)58(52)48-24-12-16-35-13-4-5-17-41(35)48/h1-34H. The molecule has 3 heterocycles. The van der Waals surface area contributed by atoms with E-state index in [0.717, 1.165) is 39.2 Å². The van der Waals surface area contributed by atoms with Crippen molar-refractivity contribution in [1.82, 2.24) is 19.1 Å². The SMILES string of the molecule is c1ccc(-c2nc3ccccc3nc2-c2ccc(-n3c4ccccc4c4cc(-c5ccc6c(c5)c5ccccc5n6-c5cccc6ccccc56)ccc43)cc2)cc1. The van der Waals surface area contributed by atoms with Crippen LogP contribution in [0.5, 0.6) is 0 Å². The van der Waals surface area contributed by atoms with Crippen molar-refractivity contribution in [3.05, 3.63) is 206 Å². The van der Waals surface area contributed by atoms with Crippen molar-refractivity contribution >= 4 is 65.4 Å². The zero-order valence-electron chi connectivity index (χ0n) is 31.4. The van der Waals surface area contributed by atoms with Gasteiger partial charge in [-0.15, -0.1) is 0 Å². The minimum Gasteiger partial charge on any atom is -0.309 e. The highest BCUT2D eigenvalue weighted by molar-refractivity contribution is 6.13. The number of fused-ring (bicyclic) bond motifs is 8. The fourth-order valence-electron chi connectivity index (χ4n) is 9.01. The van der Waals surface area contributed by atoms with Crippen molar-refractivity contribution in [3.8, 4) is 45.0 Å². The normalized spacial score (nSPS) is 11.8. The topological polar surface area (TPSA) is 35.6 Å². The summed E-state index contributed by atoms with van der Waals surface area (Å²) in [5.41, 5.74) is 15.0. The summed E-state index contributed by atoms with van der Waals surface area (Å²) in [5, 5.41) is 7.43. The Balaban J connectivity index is 0.979. The number of para-hydroxylation sites is 4. The van der Waals surface area contributed by atoms with E-state index >= 15 is 0 Å². The van der Waals surface area contributed by atoms with Crippen LogP contribution in [0.1, 0.15) is 0 Å². The van der Waals surface area contributed by atoms with Crippen molar-refractivity contribution in [2.75, 3.05) is 0 Å². The van der Waals surface area contributed by atoms with Gasteiger partial charge in [0.15, 0.2) is 0 Å². The molecule has 4 heteroatoms. The summed E-state index contributed by atoms with van der Waals surface area (Å²) in [6.45, 7) is 0. The first-order chi connectivity index (χ1) is 28.8. The van der Waals surface area contributed by atoms with E-state index in [9.17, 15) is 0 Å². The van der Waals surface area contributed by atoms with Gasteiger partial charge in [-0.1, -0.05) is 140 Å². The molecule has 0 saturated carbocycles. The van der Waals surface area contributed by atoms with Crippen molar-refractivity contribution in [2.24, 2.45) is 0 Å². The Bertz CT molecular complexity index is 3550. The molecule has 58 heavy (non-hydrogen) atoms. The average molecular weight is 739 g/mol. The summed E-state index contributed by atoms with van der Waals surface area (Å²) < 4.78 is 4.80. The van der Waals surface area contributed by atoms with Gasteiger partial charge in [-0.3, -0.25) is 0 Å². The molecule has 4 nitrogen and oxygen atoms in total. The van der Waals surface area contributed by atoms with E-state index in [-0.39, 0.29) is 0 Å². The Morgan fingerprint density at radius 3 is 1.41 bits per heavy atom. The number of hydrogen-bond donors (Lipinski definition) is 0. The highest BCUT2D eigenvalue weighted by atomic mass is 15.0. The number of rotatable bonds is 5. The lowest BCUT2D eigenvalue weighted by Gasteiger charge is -2.13. The predicted molar refractivity (Wildman–Crippen MR) is 242 cm³/mol. The van der Waals surface area contributed by atoms with Gasteiger partial charge in [0.2, 0.25) is 0 Å². The molecule has 0 unspecified atom stereocenters. The maximum Gasteiger partial charge on any atom is 0.0973 e. The van der Waals surface area contributed by atoms with Crippen LogP contribution in [-0.4, -0.2) is 19.1 Å². The summed E-state index contributed by atoms with van der Waals surface area (Å²) in [4.78, 5) is 10.2. The molecule has 12 rings (SSSR count). The van der Waals surface area contributed by atoms with Gasteiger partial charge in [-0.25, -0.2) is 9.97 Å². The molecule has 0 radical (unpaired) electrons. The van der Waals surface area contributed by atoms with Crippen LogP contribution in [0.25, 0.3) is 110 Å². The molecular weight excluding hydrogens is 705 g/mol. The lowest BCUT2D eigenvalue weighted by molar-refractivity contribution is 1.18. The first-order valence-electron chi connectivity index (χ1n) is 19.7. The summed E-state index contributed by atoms with van der Waals surface area (Å²) in [6, 6.07) is 73.8. The van der Waals surface area contributed by atoms with E-state index in [1.54, 1.807) is 0 Å². The lowest BCUT2D eigenvalue weighted by atomic mass is 10.0. The third kappa shape index (κ3) is 5.02. The Morgan fingerprint density at radius 1 is 0.293 bits per heavy atom. The summed E-state index contributed by atoms with van der Waals surface area (Å²) in [7, 11) is 0. The van der Waals surface area contributed by atoms with Crippen molar-refractivity contribution in [2.45, 2.75) is 0 Å². The molecule has 0 saturated heterocycles. The zero-order valence-corrected chi connectivity index (χ0v) is 31.4. The molecule has 3 aromatic heterocycles. The molecule has 12 aromatic rings. The molecule has 9 aromatic carbocycles. The van der Waals surface area contributed by atoms with Crippen LogP contribution in [0.15, 0.2) is 206 Å². The molecule has 0 spiro atoms. The van der Waals surface area contributed by atoms with Gasteiger partial charge in [-0.2, -0.15) is 0 Å².